The molecule has 6 heteroatoms. The van der Waals surface area contributed by atoms with Crippen molar-refractivity contribution in [2.24, 2.45) is 0 Å². The van der Waals surface area contributed by atoms with Crippen LogP contribution in [0.2, 0.25) is 0 Å². The zero-order valence-corrected chi connectivity index (χ0v) is 15.8. The van der Waals surface area contributed by atoms with E-state index in [2.05, 4.69) is 5.32 Å². The third kappa shape index (κ3) is 2.82. The van der Waals surface area contributed by atoms with Gasteiger partial charge in [-0.3, -0.25) is 14.5 Å². The van der Waals surface area contributed by atoms with Crippen LogP contribution in [0.1, 0.15) is 27.0 Å². The molecule has 1 saturated heterocycles. The number of ketones is 1. The van der Waals surface area contributed by atoms with Crippen LogP contribution in [0.4, 0.5) is 4.79 Å². The molecule has 2 aromatic carbocycles. The first-order valence-electron chi connectivity index (χ1n) is 8.62. The van der Waals surface area contributed by atoms with Crippen molar-refractivity contribution in [3.05, 3.63) is 69.9 Å². The van der Waals surface area contributed by atoms with Gasteiger partial charge in [0, 0.05) is 4.88 Å². The summed E-state index contributed by atoms with van der Waals surface area (Å²) in [6, 6.07) is 16.4. The van der Waals surface area contributed by atoms with Gasteiger partial charge in [0.25, 0.3) is 5.91 Å². The highest BCUT2D eigenvalue weighted by molar-refractivity contribution is 7.14. The van der Waals surface area contributed by atoms with E-state index in [1.807, 2.05) is 55.5 Å². The summed E-state index contributed by atoms with van der Waals surface area (Å²) in [6.07, 6.45) is 0. The molecule has 3 aromatic rings. The van der Waals surface area contributed by atoms with Gasteiger partial charge in [0.1, 0.15) is 5.54 Å². The lowest BCUT2D eigenvalue weighted by Gasteiger charge is -2.24. The third-order valence-electron chi connectivity index (χ3n) is 4.92. The van der Waals surface area contributed by atoms with Crippen molar-refractivity contribution in [3.63, 3.8) is 0 Å². The monoisotopic (exact) mass is 378 g/mol. The Morgan fingerprint density at radius 2 is 1.81 bits per heavy atom. The van der Waals surface area contributed by atoms with Gasteiger partial charge in [-0.15, -0.1) is 11.3 Å². The average molecular weight is 378 g/mol. The maximum Gasteiger partial charge on any atom is 0.325 e. The van der Waals surface area contributed by atoms with Crippen LogP contribution in [0.3, 0.4) is 0 Å². The largest absolute Gasteiger partial charge is 0.325 e. The first-order chi connectivity index (χ1) is 12.9. The Labute approximate surface area is 160 Å². The van der Waals surface area contributed by atoms with Crippen molar-refractivity contribution < 1.29 is 14.4 Å². The molecule has 1 aliphatic rings. The van der Waals surface area contributed by atoms with Crippen molar-refractivity contribution in [2.45, 2.75) is 19.4 Å². The van der Waals surface area contributed by atoms with Gasteiger partial charge in [-0.2, -0.15) is 0 Å². The number of hydrogen-bond acceptors (Lipinski definition) is 4. The topological polar surface area (TPSA) is 66.5 Å². The molecule has 0 bridgehead atoms. The highest BCUT2D eigenvalue weighted by Crippen LogP contribution is 2.34. The molecular formula is C21H18N2O3S. The molecule has 1 aromatic heterocycles. The number of imide groups is 1. The summed E-state index contributed by atoms with van der Waals surface area (Å²) in [4.78, 5) is 40.7. The number of Topliss-reactive ketones (excluding diaryl/α,β-unsaturated/α-hetero) is 1. The van der Waals surface area contributed by atoms with Crippen LogP contribution in [0.25, 0.3) is 10.8 Å². The summed E-state index contributed by atoms with van der Waals surface area (Å²) in [5, 5.41) is 4.68. The fraction of sp³-hybridized carbons (Fsp3) is 0.190. The number of aryl methyl sites for hydroxylation is 1. The van der Waals surface area contributed by atoms with Crippen LogP contribution in [0.15, 0.2) is 54.6 Å². The van der Waals surface area contributed by atoms with Crippen molar-refractivity contribution in [1.82, 2.24) is 10.2 Å². The van der Waals surface area contributed by atoms with E-state index in [1.54, 1.807) is 13.0 Å². The van der Waals surface area contributed by atoms with E-state index in [9.17, 15) is 14.4 Å². The van der Waals surface area contributed by atoms with Gasteiger partial charge in [0.15, 0.2) is 5.78 Å². The van der Waals surface area contributed by atoms with Gasteiger partial charge in [0.05, 0.1) is 11.4 Å². The van der Waals surface area contributed by atoms with Crippen LogP contribution in [0.5, 0.6) is 0 Å². The minimum Gasteiger partial charge on any atom is -0.319 e. The number of nitrogens with zero attached hydrogens (tertiary/aromatic N) is 1. The van der Waals surface area contributed by atoms with E-state index in [0.29, 0.717) is 4.88 Å². The number of carbonyl (C=O) groups is 3. The summed E-state index contributed by atoms with van der Waals surface area (Å²) in [5.74, 6) is -0.649. The molecule has 0 radical (unpaired) electrons. The summed E-state index contributed by atoms with van der Waals surface area (Å²) < 4.78 is 0. The molecule has 0 aliphatic carbocycles. The number of thiophene rings is 1. The summed E-state index contributed by atoms with van der Waals surface area (Å²) in [6.45, 7) is 3.34. The first kappa shape index (κ1) is 17.4. The molecule has 0 spiro atoms. The van der Waals surface area contributed by atoms with Crippen LogP contribution in [0, 0.1) is 6.92 Å². The van der Waals surface area contributed by atoms with Crippen molar-refractivity contribution in [1.29, 1.82) is 0 Å². The van der Waals surface area contributed by atoms with E-state index in [4.69, 9.17) is 0 Å². The highest BCUT2D eigenvalue weighted by atomic mass is 32.1. The molecule has 27 heavy (non-hydrogen) atoms. The molecule has 1 atom stereocenters. The van der Waals surface area contributed by atoms with E-state index in [1.165, 1.54) is 11.3 Å². The maximum absolute atomic E-state index is 13.1. The van der Waals surface area contributed by atoms with Crippen molar-refractivity contribution in [3.8, 4) is 0 Å². The lowest BCUT2D eigenvalue weighted by Crippen LogP contribution is -2.41. The number of benzene rings is 2. The van der Waals surface area contributed by atoms with Crippen LogP contribution >= 0.6 is 11.3 Å². The van der Waals surface area contributed by atoms with Crippen LogP contribution in [-0.4, -0.2) is 29.2 Å². The standard InChI is InChI=1S/C21H18N2O3S/c1-13-10-11-18(27-13)17(24)12-23-19(25)21(2,22-20(23)26)16-9-5-7-14-6-3-4-8-15(14)16/h3-11H,12H2,1-2H3,(H,22,26)/t21-/m1/s1. The minimum atomic E-state index is -1.20. The molecule has 136 valence electrons. The second-order valence-corrected chi connectivity index (χ2v) is 8.09. The molecule has 5 nitrogen and oxygen atoms in total. The predicted molar refractivity (Wildman–Crippen MR) is 105 cm³/mol. The lowest BCUT2D eigenvalue weighted by molar-refractivity contribution is -0.130. The van der Waals surface area contributed by atoms with Crippen LogP contribution < -0.4 is 5.32 Å². The number of hydrogen-bond donors (Lipinski definition) is 1. The zero-order valence-electron chi connectivity index (χ0n) is 15.0. The molecule has 0 saturated carbocycles. The van der Waals surface area contributed by atoms with Crippen molar-refractivity contribution in [2.75, 3.05) is 6.54 Å². The molecule has 2 heterocycles. The highest BCUT2D eigenvalue weighted by Gasteiger charge is 2.50. The number of fused-ring (bicyclic) bond motifs is 1. The minimum absolute atomic E-state index is 0.237. The fourth-order valence-corrected chi connectivity index (χ4v) is 4.29. The number of nitrogens with one attached hydrogen (secondary N) is 1. The Morgan fingerprint density at radius 3 is 2.56 bits per heavy atom. The van der Waals surface area contributed by atoms with Crippen LogP contribution in [-0.2, 0) is 10.3 Å². The van der Waals surface area contributed by atoms with Gasteiger partial charge in [0.2, 0.25) is 0 Å². The zero-order chi connectivity index (χ0) is 19.2. The quantitative estimate of drug-likeness (QED) is 0.554. The molecule has 3 amide bonds. The van der Waals surface area contributed by atoms with Gasteiger partial charge >= 0.3 is 6.03 Å². The van der Waals surface area contributed by atoms with Gasteiger partial charge in [-0.1, -0.05) is 42.5 Å². The normalized spacial score (nSPS) is 19.6. The summed E-state index contributed by atoms with van der Waals surface area (Å²) >= 11 is 1.36. The first-order valence-corrected chi connectivity index (χ1v) is 9.44. The third-order valence-corrected chi connectivity index (χ3v) is 5.96. The average Bonchev–Trinajstić information content (AvgIpc) is 3.19. The molecule has 4 rings (SSSR count). The number of rotatable bonds is 4. The number of urea groups is 1. The smallest absolute Gasteiger partial charge is 0.319 e. The second kappa shape index (κ2) is 6.32. The van der Waals surface area contributed by atoms with Gasteiger partial charge < -0.3 is 5.32 Å². The van der Waals surface area contributed by atoms with Gasteiger partial charge in [-0.25, -0.2) is 4.79 Å². The summed E-state index contributed by atoms with van der Waals surface area (Å²) in [5.41, 5.74) is -0.482. The molecule has 1 N–H and O–H groups in total. The Balaban J connectivity index is 1.68. The number of carbonyl (C=O) groups excluding carboxylic acids is 3. The fourth-order valence-electron chi connectivity index (χ4n) is 3.49. The molecule has 1 aliphatic heterocycles. The second-order valence-electron chi connectivity index (χ2n) is 6.81. The van der Waals surface area contributed by atoms with E-state index in [-0.39, 0.29) is 12.3 Å². The lowest BCUT2D eigenvalue weighted by atomic mass is 9.88. The number of amides is 3. The van der Waals surface area contributed by atoms with E-state index in [0.717, 1.165) is 26.1 Å². The van der Waals surface area contributed by atoms with Gasteiger partial charge in [-0.05, 0) is 42.3 Å². The van der Waals surface area contributed by atoms with Crippen molar-refractivity contribution >= 4 is 39.8 Å². The Hall–Kier alpha value is -2.99. The Kier molecular flexibility index (Phi) is 4.08. The van der Waals surface area contributed by atoms with E-state index >= 15 is 0 Å². The maximum atomic E-state index is 13.1. The molecule has 1 fully saturated rings. The Bertz CT molecular complexity index is 1080. The van der Waals surface area contributed by atoms with E-state index < -0.39 is 17.5 Å². The summed E-state index contributed by atoms with van der Waals surface area (Å²) in [7, 11) is 0. The molecule has 0 unspecified atom stereocenters. The molecular weight excluding hydrogens is 360 g/mol. The SMILES string of the molecule is Cc1ccc(C(=O)CN2C(=O)N[C@](C)(c3cccc4ccccc34)C2=O)s1. The Morgan fingerprint density at radius 1 is 1.07 bits per heavy atom. The predicted octanol–water partition coefficient (Wildman–Crippen LogP) is 3.86.